The summed E-state index contributed by atoms with van der Waals surface area (Å²) < 4.78 is 21.2. The largest absolute Gasteiger partial charge is 0.497 e. The summed E-state index contributed by atoms with van der Waals surface area (Å²) in [6.45, 7) is 0. The Morgan fingerprint density at radius 1 is 0.682 bits per heavy atom. The fourth-order valence-corrected chi connectivity index (χ4v) is 2.45. The summed E-state index contributed by atoms with van der Waals surface area (Å²) in [7, 11) is 6.43. The van der Waals surface area contributed by atoms with Gasteiger partial charge in [0.1, 0.15) is 23.0 Å². The summed E-state index contributed by atoms with van der Waals surface area (Å²) in [5, 5.41) is 0. The monoisotopic (exact) mass is 318 g/mol. The van der Waals surface area contributed by atoms with Crippen molar-refractivity contribution in [1.82, 2.24) is 0 Å². The van der Waals surface area contributed by atoms with E-state index in [0.29, 0.717) is 27.9 Å². The Labute approximate surface area is 135 Å². The summed E-state index contributed by atoms with van der Waals surface area (Å²) in [4.78, 5) is 0.638. The van der Waals surface area contributed by atoms with Crippen LogP contribution in [0.5, 0.6) is 23.0 Å². The lowest BCUT2D eigenvalue weighted by Gasteiger charge is -2.14. The van der Waals surface area contributed by atoms with Crippen LogP contribution in [-0.4, -0.2) is 33.3 Å². The Morgan fingerprint density at radius 3 is 1.41 bits per heavy atom. The number of thiocarbonyl (C=S) groups is 1. The first-order valence-corrected chi connectivity index (χ1v) is 7.04. The highest BCUT2D eigenvalue weighted by Crippen LogP contribution is 2.32. The Hall–Kier alpha value is -2.27. The number of benzene rings is 2. The maximum absolute atomic E-state index is 5.61. The zero-order valence-corrected chi connectivity index (χ0v) is 13.8. The average molecular weight is 318 g/mol. The predicted molar refractivity (Wildman–Crippen MR) is 89.9 cm³/mol. The van der Waals surface area contributed by atoms with Crippen LogP contribution in [-0.2, 0) is 0 Å². The number of ether oxygens (including phenoxy) is 4. The second kappa shape index (κ2) is 7.13. The van der Waals surface area contributed by atoms with E-state index in [1.165, 1.54) is 0 Å². The van der Waals surface area contributed by atoms with E-state index in [1.807, 2.05) is 24.3 Å². The molecule has 0 radical (unpaired) electrons. The SMILES string of the molecule is COc1ccc(C(=S)c2ccc(OC)cc2OC)c(OC)c1. The number of rotatable bonds is 6. The second-order valence-electron chi connectivity index (χ2n) is 4.46. The molecule has 4 nitrogen and oxygen atoms in total. The van der Waals surface area contributed by atoms with Gasteiger partial charge >= 0.3 is 0 Å². The van der Waals surface area contributed by atoms with Gasteiger partial charge in [-0.15, -0.1) is 0 Å². The molecule has 2 aromatic carbocycles. The van der Waals surface area contributed by atoms with Gasteiger partial charge in [0.25, 0.3) is 0 Å². The van der Waals surface area contributed by atoms with Gasteiger partial charge in [0.15, 0.2) is 0 Å². The van der Waals surface area contributed by atoms with Gasteiger partial charge in [-0.25, -0.2) is 0 Å². The normalized spacial score (nSPS) is 10.0. The zero-order valence-electron chi connectivity index (χ0n) is 13.0. The fraction of sp³-hybridized carbons (Fsp3) is 0.235. The molecule has 0 unspecified atom stereocenters. The van der Waals surface area contributed by atoms with E-state index in [1.54, 1.807) is 40.6 Å². The third-order valence-corrected chi connectivity index (χ3v) is 3.75. The Morgan fingerprint density at radius 2 is 1.09 bits per heavy atom. The molecule has 0 amide bonds. The first kappa shape index (κ1) is 16.1. The smallest absolute Gasteiger partial charge is 0.131 e. The Balaban J connectivity index is 2.48. The minimum atomic E-state index is 0.638. The van der Waals surface area contributed by atoms with Crippen molar-refractivity contribution >= 4 is 17.1 Å². The molecule has 0 aliphatic carbocycles. The molecule has 0 heterocycles. The van der Waals surface area contributed by atoms with Gasteiger partial charge in [0.2, 0.25) is 0 Å². The molecule has 22 heavy (non-hydrogen) atoms. The maximum atomic E-state index is 5.61. The lowest BCUT2D eigenvalue weighted by atomic mass is 10.0. The van der Waals surface area contributed by atoms with E-state index in [9.17, 15) is 0 Å². The topological polar surface area (TPSA) is 36.9 Å². The quantitative estimate of drug-likeness (QED) is 0.602. The molecule has 5 heteroatoms. The maximum Gasteiger partial charge on any atom is 0.131 e. The molecule has 0 spiro atoms. The minimum absolute atomic E-state index is 0.638. The molecule has 0 saturated carbocycles. The van der Waals surface area contributed by atoms with Gasteiger partial charge in [-0.05, 0) is 24.3 Å². The van der Waals surface area contributed by atoms with Gasteiger partial charge in [-0.1, -0.05) is 12.2 Å². The summed E-state index contributed by atoms with van der Waals surface area (Å²) in [6.07, 6.45) is 0. The lowest BCUT2D eigenvalue weighted by molar-refractivity contribution is 0.393. The third kappa shape index (κ3) is 3.14. The van der Waals surface area contributed by atoms with Gasteiger partial charge in [0, 0.05) is 23.3 Å². The van der Waals surface area contributed by atoms with E-state index in [0.717, 1.165) is 11.1 Å². The van der Waals surface area contributed by atoms with Crippen LogP contribution in [0, 0.1) is 0 Å². The first-order valence-electron chi connectivity index (χ1n) is 6.63. The summed E-state index contributed by atoms with van der Waals surface area (Å²) in [6, 6.07) is 11.1. The first-order chi connectivity index (χ1) is 10.6. The van der Waals surface area contributed by atoms with Crippen LogP contribution in [0.1, 0.15) is 11.1 Å². The third-order valence-electron chi connectivity index (χ3n) is 3.31. The van der Waals surface area contributed by atoms with Crippen LogP contribution >= 0.6 is 12.2 Å². The van der Waals surface area contributed by atoms with Crippen molar-refractivity contribution in [2.75, 3.05) is 28.4 Å². The van der Waals surface area contributed by atoms with Crippen molar-refractivity contribution in [3.8, 4) is 23.0 Å². The van der Waals surface area contributed by atoms with Crippen LogP contribution in [0.25, 0.3) is 0 Å². The second-order valence-corrected chi connectivity index (χ2v) is 4.87. The average Bonchev–Trinajstić information content (AvgIpc) is 2.59. The van der Waals surface area contributed by atoms with Gasteiger partial charge in [0.05, 0.1) is 33.3 Å². The minimum Gasteiger partial charge on any atom is -0.497 e. The lowest BCUT2D eigenvalue weighted by Crippen LogP contribution is -2.05. The molecule has 0 aromatic heterocycles. The Kier molecular flexibility index (Phi) is 5.22. The highest BCUT2D eigenvalue weighted by atomic mass is 32.1. The molecule has 116 valence electrons. The van der Waals surface area contributed by atoms with Crippen LogP contribution in [0.15, 0.2) is 36.4 Å². The van der Waals surface area contributed by atoms with Gasteiger partial charge in [-0.2, -0.15) is 0 Å². The van der Waals surface area contributed by atoms with Crippen molar-refractivity contribution in [2.24, 2.45) is 0 Å². The molecule has 2 rings (SSSR count). The molecule has 0 N–H and O–H groups in total. The van der Waals surface area contributed by atoms with Gasteiger partial charge < -0.3 is 18.9 Å². The van der Waals surface area contributed by atoms with E-state index in [-0.39, 0.29) is 0 Å². The summed E-state index contributed by atoms with van der Waals surface area (Å²) in [5.41, 5.74) is 1.61. The zero-order chi connectivity index (χ0) is 16.1. The van der Waals surface area contributed by atoms with E-state index < -0.39 is 0 Å². The van der Waals surface area contributed by atoms with Crippen molar-refractivity contribution in [3.05, 3.63) is 47.5 Å². The number of hydrogen-bond donors (Lipinski definition) is 0. The predicted octanol–water partition coefficient (Wildman–Crippen LogP) is 3.49. The highest BCUT2D eigenvalue weighted by molar-refractivity contribution is 7.81. The molecule has 0 saturated heterocycles. The van der Waals surface area contributed by atoms with Crippen LogP contribution < -0.4 is 18.9 Å². The molecule has 0 fully saturated rings. The summed E-state index contributed by atoms with van der Waals surface area (Å²) >= 11 is 5.61. The fourth-order valence-electron chi connectivity index (χ4n) is 2.12. The molecular formula is C17H18O4S. The molecule has 0 aliphatic rings. The van der Waals surface area contributed by atoms with Crippen molar-refractivity contribution in [1.29, 1.82) is 0 Å². The Bertz CT molecular complexity index is 625. The van der Waals surface area contributed by atoms with E-state index in [2.05, 4.69) is 0 Å². The molecule has 0 bridgehead atoms. The molecule has 0 aliphatic heterocycles. The van der Waals surface area contributed by atoms with Crippen LogP contribution in [0.2, 0.25) is 0 Å². The molecule has 2 aromatic rings. The van der Waals surface area contributed by atoms with Crippen LogP contribution in [0.4, 0.5) is 0 Å². The van der Waals surface area contributed by atoms with Crippen molar-refractivity contribution in [3.63, 3.8) is 0 Å². The number of hydrogen-bond acceptors (Lipinski definition) is 5. The highest BCUT2D eigenvalue weighted by Gasteiger charge is 2.16. The van der Waals surface area contributed by atoms with Crippen molar-refractivity contribution in [2.45, 2.75) is 0 Å². The molecule has 0 atom stereocenters. The van der Waals surface area contributed by atoms with Crippen molar-refractivity contribution < 1.29 is 18.9 Å². The van der Waals surface area contributed by atoms with Crippen LogP contribution in [0.3, 0.4) is 0 Å². The number of methoxy groups -OCH3 is 4. The molecular weight excluding hydrogens is 300 g/mol. The summed E-state index contributed by atoms with van der Waals surface area (Å²) in [5.74, 6) is 2.74. The van der Waals surface area contributed by atoms with E-state index >= 15 is 0 Å². The standard InChI is InChI=1S/C17H18O4S/c1-18-11-5-7-13(15(9-11)20-3)17(22)14-8-6-12(19-2)10-16(14)21-4/h5-10H,1-4H3. The van der Waals surface area contributed by atoms with E-state index in [4.69, 9.17) is 31.2 Å². The van der Waals surface area contributed by atoms with Gasteiger partial charge in [-0.3, -0.25) is 0 Å².